The molecule has 1 aromatic heterocycles. The molecule has 0 aliphatic heterocycles. The summed E-state index contributed by atoms with van der Waals surface area (Å²) in [4.78, 5) is 25.8. The number of aromatic carboxylic acids is 1. The van der Waals surface area contributed by atoms with Crippen LogP contribution in [0.4, 0.5) is 0 Å². The van der Waals surface area contributed by atoms with Crippen molar-refractivity contribution in [3.63, 3.8) is 0 Å². The second kappa shape index (κ2) is 6.24. The molecule has 5 nitrogen and oxygen atoms in total. The molecule has 17 heavy (non-hydrogen) atoms. The molecule has 1 heterocycles. The lowest BCUT2D eigenvalue weighted by Crippen LogP contribution is -2.22. The lowest BCUT2D eigenvalue weighted by Gasteiger charge is -2.09. The Hall–Kier alpha value is -1.56. The van der Waals surface area contributed by atoms with Gasteiger partial charge in [-0.3, -0.25) is 4.79 Å². The maximum absolute atomic E-state index is 11.3. The van der Waals surface area contributed by atoms with E-state index in [2.05, 4.69) is 4.98 Å². The highest BCUT2D eigenvalue weighted by Crippen LogP contribution is 2.21. The number of rotatable bonds is 5. The zero-order valence-electron chi connectivity index (χ0n) is 9.50. The molecular weight excluding hydrogens is 242 g/mol. The van der Waals surface area contributed by atoms with Crippen LogP contribution >= 0.6 is 11.8 Å². The largest absolute Gasteiger partial charge is 0.545 e. The highest BCUT2D eigenvalue weighted by molar-refractivity contribution is 8.00. The molecule has 0 aliphatic carbocycles. The van der Waals surface area contributed by atoms with Crippen molar-refractivity contribution in [3.8, 4) is 0 Å². The fraction of sp³-hybridized carbons (Fsp3) is 0.364. The van der Waals surface area contributed by atoms with Crippen LogP contribution in [-0.2, 0) is 9.53 Å². The summed E-state index contributed by atoms with van der Waals surface area (Å²) in [5, 5.41) is 10.7. The smallest absolute Gasteiger partial charge is 0.319 e. The van der Waals surface area contributed by atoms with E-state index in [-0.39, 0.29) is 16.8 Å². The van der Waals surface area contributed by atoms with Crippen LogP contribution in [0.15, 0.2) is 23.4 Å². The number of carboxylic acid groups (broad SMARTS) is 1. The van der Waals surface area contributed by atoms with Gasteiger partial charge in [0.1, 0.15) is 5.25 Å². The minimum Gasteiger partial charge on any atom is -0.545 e. The number of hydrogen-bond donors (Lipinski definition) is 0. The normalized spacial score (nSPS) is 11.9. The van der Waals surface area contributed by atoms with Crippen LogP contribution in [0.5, 0.6) is 0 Å². The van der Waals surface area contributed by atoms with Crippen LogP contribution in [-0.4, -0.2) is 28.8 Å². The quantitative estimate of drug-likeness (QED) is 0.562. The van der Waals surface area contributed by atoms with E-state index in [0.29, 0.717) is 11.6 Å². The van der Waals surface area contributed by atoms with Gasteiger partial charge in [0.05, 0.1) is 17.6 Å². The van der Waals surface area contributed by atoms with Crippen LogP contribution < -0.4 is 5.11 Å². The lowest BCUT2D eigenvalue weighted by molar-refractivity contribution is -0.255. The summed E-state index contributed by atoms with van der Waals surface area (Å²) in [6.07, 6.45) is 1.20. The molecule has 0 unspecified atom stereocenters. The molecule has 0 saturated carbocycles. The van der Waals surface area contributed by atoms with Crippen molar-refractivity contribution in [1.29, 1.82) is 0 Å². The van der Waals surface area contributed by atoms with E-state index < -0.39 is 5.97 Å². The first kappa shape index (κ1) is 13.5. The van der Waals surface area contributed by atoms with E-state index in [9.17, 15) is 14.7 Å². The second-order valence-electron chi connectivity index (χ2n) is 3.18. The molecule has 0 saturated heterocycles. The molecule has 0 radical (unpaired) electrons. The van der Waals surface area contributed by atoms with Crippen LogP contribution in [0.25, 0.3) is 0 Å². The zero-order valence-corrected chi connectivity index (χ0v) is 10.3. The first-order valence-electron chi connectivity index (χ1n) is 5.05. The van der Waals surface area contributed by atoms with E-state index in [1.807, 2.05) is 0 Å². The summed E-state index contributed by atoms with van der Waals surface area (Å²) in [7, 11) is 0. The van der Waals surface area contributed by atoms with E-state index >= 15 is 0 Å². The fourth-order valence-corrected chi connectivity index (χ4v) is 1.85. The summed E-state index contributed by atoms with van der Waals surface area (Å²) >= 11 is 1.21. The summed E-state index contributed by atoms with van der Waals surface area (Å²) < 4.78 is 4.85. The Bertz CT molecular complexity index is 404. The second-order valence-corrected chi connectivity index (χ2v) is 4.55. The Morgan fingerprint density at radius 2 is 2.24 bits per heavy atom. The highest BCUT2D eigenvalue weighted by atomic mass is 32.2. The molecule has 0 amide bonds. The fourth-order valence-electron chi connectivity index (χ4n) is 1.06. The number of esters is 1. The molecule has 1 rings (SSSR count). The highest BCUT2D eigenvalue weighted by Gasteiger charge is 2.15. The Kier molecular flexibility index (Phi) is 4.96. The number of ether oxygens (including phenoxy) is 1. The summed E-state index contributed by atoms with van der Waals surface area (Å²) in [5.41, 5.74) is 0.0122. The first-order valence-corrected chi connectivity index (χ1v) is 5.93. The average molecular weight is 254 g/mol. The van der Waals surface area contributed by atoms with Crippen molar-refractivity contribution in [2.45, 2.75) is 24.1 Å². The van der Waals surface area contributed by atoms with Gasteiger partial charge in [0.25, 0.3) is 0 Å². The molecule has 6 heteroatoms. The predicted molar refractivity (Wildman–Crippen MR) is 60.5 cm³/mol. The number of aromatic nitrogens is 1. The molecule has 0 spiro atoms. The number of hydrogen-bond acceptors (Lipinski definition) is 6. The third-order valence-electron chi connectivity index (χ3n) is 1.89. The molecule has 1 aromatic rings. The molecule has 0 bridgehead atoms. The average Bonchev–Trinajstić information content (AvgIpc) is 2.30. The standard InChI is InChI=1S/C11H13NO4S/c1-3-16-11(15)7(2)17-9-5-4-8(6-12-9)10(13)14/h4-7H,3H2,1-2H3,(H,13,14)/p-1/t7-/m0/s1. The third kappa shape index (κ3) is 4.07. The predicted octanol–water partition coefficient (Wildman–Crippen LogP) is 0.489. The Morgan fingerprint density at radius 3 is 2.71 bits per heavy atom. The molecule has 1 atom stereocenters. The summed E-state index contributed by atoms with van der Waals surface area (Å²) in [6.45, 7) is 3.78. The summed E-state index contributed by atoms with van der Waals surface area (Å²) in [5.74, 6) is -1.59. The minimum absolute atomic E-state index is 0.0122. The Labute approximate surface area is 103 Å². The Morgan fingerprint density at radius 1 is 1.53 bits per heavy atom. The number of carboxylic acids is 1. The number of carbonyl (C=O) groups is 2. The number of nitrogens with zero attached hydrogens (tertiary/aromatic N) is 1. The van der Waals surface area contributed by atoms with Crippen LogP contribution in [0.2, 0.25) is 0 Å². The van der Waals surface area contributed by atoms with Gasteiger partial charge < -0.3 is 14.6 Å². The van der Waals surface area contributed by atoms with E-state index in [1.165, 1.54) is 30.1 Å². The maximum atomic E-state index is 11.3. The van der Waals surface area contributed by atoms with Gasteiger partial charge >= 0.3 is 5.97 Å². The van der Waals surface area contributed by atoms with Gasteiger partial charge in [0.2, 0.25) is 0 Å². The van der Waals surface area contributed by atoms with Crippen molar-refractivity contribution in [2.24, 2.45) is 0 Å². The van der Waals surface area contributed by atoms with Gasteiger partial charge in [-0.2, -0.15) is 0 Å². The molecule has 0 N–H and O–H groups in total. The van der Waals surface area contributed by atoms with Crippen molar-refractivity contribution in [2.75, 3.05) is 6.61 Å². The minimum atomic E-state index is -1.27. The van der Waals surface area contributed by atoms with Crippen molar-refractivity contribution in [3.05, 3.63) is 23.9 Å². The van der Waals surface area contributed by atoms with Gasteiger partial charge in [-0.25, -0.2) is 4.98 Å². The van der Waals surface area contributed by atoms with Crippen molar-refractivity contribution >= 4 is 23.7 Å². The molecule has 92 valence electrons. The zero-order chi connectivity index (χ0) is 12.8. The third-order valence-corrected chi connectivity index (χ3v) is 2.92. The van der Waals surface area contributed by atoms with Gasteiger partial charge in [-0.1, -0.05) is 11.8 Å². The van der Waals surface area contributed by atoms with E-state index in [0.717, 1.165) is 0 Å². The van der Waals surface area contributed by atoms with Gasteiger partial charge in [0.15, 0.2) is 0 Å². The van der Waals surface area contributed by atoms with E-state index in [1.54, 1.807) is 13.8 Å². The van der Waals surface area contributed by atoms with Gasteiger partial charge in [0, 0.05) is 11.8 Å². The SMILES string of the molecule is CCOC(=O)[C@H](C)Sc1ccc(C(=O)[O-])cn1. The van der Waals surface area contributed by atoms with Crippen molar-refractivity contribution < 1.29 is 19.4 Å². The topological polar surface area (TPSA) is 79.3 Å². The molecule has 0 aromatic carbocycles. The van der Waals surface area contributed by atoms with Crippen molar-refractivity contribution in [1.82, 2.24) is 4.98 Å². The Balaban J connectivity index is 2.63. The maximum Gasteiger partial charge on any atom is 0.319 e. The van der Waals surface area contributed by atoms with Gasteiger partial charge in [-0.05, 0) is 26.0 Å². The number of thioether (sulfide) groups is 1. The monoisotopic (exact) mass is 254 g/mol. The van der Waals surface area contributed by atoms with Crippen LogP contribution in [0.1, 0.15) is 24.2 Å². The molecule has 0 fully saturated rings. The molecular formula is C11H12NO4S-. The van der Waals surface area contributed by atoms with E-state index in [4.69, 9.17) is 4.74 Å². The van der Waals surface area contributed by atoms with Gasteiger partial charge in [-0.15, -0.1) is 0 Å². The number of pyridine rings is 1. The number of carbonyl (C=O) groups excluding carboxylic acids is 2. The first-order chi connectivity index (χ1) is 8.04. The van der Waals surface area contributed by atoms with Crippen LogP contribution in [0.3, 0.4) is 0 Å². The lowest BCUT2D eigenvalue weighted by atomic mass is 10.3. The van der Waals surface area contributed by atoms with Crippen LogP contribution in [0, 0.1) is 0 Å². The molecule has 0 aliphatic rings. The summed E-state index contributed by atoms with van der Waals surface area (Å²) in [6, 6.07) is 2.92.